The van der Waals surface area contributed by atoms with Crippen LogP contribution in [0.3, 0.4) is 0 Å². The standard InChI is InChI=1S/C19H16F4N2/c20-13-4-5-15(17(11-13)19(21,22)23)16-3-1-2-12-10-14-6-7-24-8-9-25(14)18(12)16/h1-5,10-11,24H,6-9H2. The molecule has 0 amide bonds. The van der Waals surface area contributed by atoms with Crippen molar-refractivity contribution < 1.29 is 17.6 Å². The molecule has 0 bridgehead atoms. The molecule has 0 saturated carbocycles. The summed E-state index contributed by atoms with van der Waals surface area (Å²) in [7, 11) is 0. The molecule has 4 rings (SSSR count). The molecule has 2 aromatic carbocycles. The number of hydrogen-bond donors (Lipinski definition) is 1. The number of benzene rings is 2. The van der Waals surface area contributed by atoms with Crippen LogP contribution in [0.5, 0.6) is 0 Å². The highest BCUT2D eigenvalue weighted by atomic mass is 19.4. The molecule has 130 valence electrons. The van der Waals surface area contributed by atoms with Crippen molar-refractivity contribution in [3.8, 4) is 11.1 Å². The van der Waals surface area contributed by atoms with E-state index in [-0.39, 0.29) is 5.56 Å². The first-order valence-electron chi connectivity index (χ1n) is 8.14. The van der Waals surface area contributed by atoms with Crippen LogP contribution in [0, 0.1) is 5.82 Å². The van der Waals surface area contributed by atoms with Crippen LogP contribution in [-0.4, -0.2) is 17.7 Å². The maximum Gasteiger partial charge on any atom is 0.417 e. The Bertz CT molecular complexity index is 940. The van der Waals surface area contributed by atoms with E-state index in [1.165, 1.54) is 6.07 Å². The van der Waals surface area contributed by atoms with E-state index >= 15 is 0 Å². The van der Waals surface area contributed by atoms with Crippen LogP contribution in [0.1, 0.15) is 11.3 Å². The first-order valence-corrected chi connectivity index (χ1v) is 8.14. The number of nitrogens with one attached hydrogen (secondary N) is 1. The van der Waals surface area contributed by atoms with Gasteiger partial charge in [0, 0.05) is 42.7 Å². The fourth-order valence-corrected chi connectivity index (χ4v) is 3.58. The zero-order chi connectivity index (χ0) is 17.6. The molecule has 1 aliphatic rings. The highest BCUT2D eigenvalue weighted by Gasteiger charge is 2.34. The molecule has 1 N–H and O–H groups in total. The van der Waals surface area contributed by atoms with E-state index in [0.717, 1.165) is 42.2 Å². The predicted octanol–water partition coefficient (Wildman–Crippen LogP) is 4.61. The molecule has 0 unspecified atom stereocenters. The number of fused-ring (bicyclic) bond motifs is 3. The van der Waals surface area contributed by atoms with Gasteiger partial charge in [-0.2, -0.15) is 13.2 Å². The molecule has 0 saturated heterocycles. The molecular formula is C19H16F4N2. The maximum atomic E-state index is 13.5. The van der Waals surface area contributed by atoms with Crippen LogP contribution >= 0.6 is 0 Å². The van der Waals surface area contributed by atoms with E-state index in [1.807, 2.05) is 12.1 Å². The third kappa shape index (κ3) is 2.80. The van der Waals surface area contributed by atoms with Gasteiger partial charge in [0.1, 0.15) is 5.82 Å². The second-order valence-corrected chi connectivity index (χ2v) is 6.22. The fraction of sp³-hybridized carbons (Fsp3) is 0.263. The number of aromatic nitrogens is 1. The van der Waals surface area contributed by atoms with Crippen molar-refractivity contribution in [2.45, 2.75) is 19.1 Å². The summed E-state index contributed by atoms with van der Waals surface area (Å²) in [6, 6.07) is 10.2. The topological polar surface area (TPSA) is 17.0 Å². The Hall–Kier alpha value is -2.34. The summed E-state index contributed by atoms with van der Waals surface area (Å²) in [5.74, 6) is -0.888. The van der Waals surface area contributed by atoms with Crippen LogP contribution in [0.25, 0.3) is 22.0 Å². The van der Waals surface area contributed by atoms with Gasteiger partial charge in [0.25, 0.3) is 0 Å². The number of hydrogen-bond acceptors (Lipinski definition) is 1. The number of para-hydroxylation sites is 1. The van der Waals surface area contributed by atoms with E-state index in [0.29, 0.717) is 18.2 Å². The van der Waals surface area contributed by atoms with Crippen molar-refractivity contribution in [3.63, 3.8) is 0 Å². The van der Waals surface area contributed by atoms with Gasteiger partial charge >= 0.3 is 6.18 Å². The average molecular weight is 348 g/mol. The summed E-state index contributed by atoms with van der Waals surface area (Å²) in [4.78, 5) is 0. The first kappa shape index (κ1) is 16.1. The zero-order valence-corrected chi connectivity index (χ0v) is 13.3. The Balaban J connectivity index is 2.01. The molecule has 0 spiro atoms. The monoisotopic (exact) mass is 348 g/mol. The Morgan fingerprint density at radius 2 is 1.80 bits per heavy atom. The zero-order valence-electron chi connectivity index (χ0n) is 13.3. The third-order valence-corrected chi connectivity index (χ3v) is 4.65. The minimum Gasteiger partial charge on any atom is -0.343 e. The molecule has 2 heterocycles. The number of rotatable bonds is 1. The molecule has 1 aromatic heterocycles. The number of alkyl halides is 3. The second kappa shape index (κ2) is 5.88. The van der Waals surface area contributed by atoms with Crippen molar-refractivity contribution in [3.05, 3.63) is 59.5 Å². The van der Waals surface area contributed by atoms with Gasteiger partial charge in [-0.1, -0.05) is 24.3 Å². The molecule has 0 atom stereocenters. The van der Waals surface area contributed by atoms with Gasteiger partial charge in [0.05, 0.1) is 11.1 Å². The molecule has 6 heteroatoms. The summed E-state index contributed by atoms with van der Waals surface area (Å²) in [6.45, 7) is 2.30. The largest absolute Gasteiger partial charge is 0.417 e. The molecule has 2 nitrogen and oxygen atoms in total. The van der Waals surface area contributed by atoms with Crippen molar-refractivity contribution in [2.75, 3.05) is 13.1 Å². The summed E-state index contributed by atoms with van der Waals surface area (Å²) >= 11 is 0. The first-order chi connectivity index (χ1) is 11.9. The normalized spacial score (nSPS) is 15.2. The lowest BCUT2D eigenvalue weighted by atomic mass is 9.97. The second-order valence-electron chi connectivity index (χ2n) is 6.22. The Labute approximate surface area is 142 Å². The fourth-order valence-electron chi connectivity index (χ4n) is 3.58. The molecule has 0 fully saturated rings. The molecule has 3 aromatic rings. The molecule has 0 aliphatic carbocycles. The van der Waals surface area contributed by atoms with Gasteiger partial charge in [-0.15, -0.1) is 0 Å². The van der Waals surface area contributed by atoms with Gasteiger partial charge in [0.2, 0.25) is 0 Å². The maximum absolute atomic E-state index is 13.5. The minimum atomic E-state index is -4.62. The van der Waals surface area contributed by atoms with Crippen LogP contribution in [0.4, 0.5) is 17.6 Å². The summed E-state index contributed by atoms with van der Waals surface area (Å²) in [6.07, 6.45) is -3.79. The van der Waals surface area contributed by atoms with Crippen LogP contribution < -0.4 is 5.32 Å². The van der Waals surface area contributed by atoms with Gasteiger partial charge in [-0.3, -0.25) is 0 Å². The van der Waals surface area contributed by atoms with Crippen LogP contribution in [0.15, 0.2) is 42.5 Å². The van der Waals surface area contributed by atoms with Gasteiger partial charge in [-0.05, 0) is 23.8 Å². The van der Waals surface area contributed by atoms with E-state index in [2.05, 4.69) is 9.88 Å². The molecular weight excluding hydrogens is 332 g/mol. The van der Waals surface area contributed by atoms with Crippen molar-refractivity contribution in [1.29, 1.82) is 0 Å². The van der Waals surface area contributed by atoms with E-state index < -0.39 is 17.6 Å². The lowest BCUT2D eigenvalue weighted by Crippen LogP contribution is -2.17. The smallest absolute Gasteiger partial charge is 0.343 e. The quantitative estimate of drug-likeness (QED) is 0.636. The van der Waals surface area contributed by atoms with E-state index in [9.17, 15) is 17.6 Å². The highest BCUT2D eigenvalue weighted by Crippen LogP contribution is 2.40. The van der Waals surface area contributed by atoms with Crippen molar-refractivity contribution in [1.82, 2.24) is 9.88 Å². The molecule has 25 heavy (non-hydrogen) atoms. The average Bonchev–Trinajstić information content (AvgIpc) is 2.76. The third-order valence-electron chi connectivity index (χ3n) is 4.65. The Morgan fingerprint density at radius 3 is 2.60 bits per heavy atom. The van der Waals surface area contributed by atoms with Crippen LogP contribution in [-0.2, 0) is 19.1 Å². The predicted molar refractivity (Wildman–Crippen MR) is 88.9 cm³/mol. The lowest BCUT2D eigenvalue weighted by Gasteiger charge is -2.16. The minimum absolute atomic E-state index is 0.0117. The van der Waals surface area contributed by atoms with Gasteiger partial charge in [-0.25, -0.2) is 4.39 Å². The Kier molecular flexibility index (Phi) is 3.80. The number of halogens is 4. The van der Waals surface area contributed by atoms with Crippen LogP contribution in [0.2, 0.25) is 0 Å². The van der Waals surface area contributed by atoms with Gasteiger partial charge < -0.3 is 9.88 Å². The van der Waals surface area contributed by atoms with Crippen molar-refractivity contribution in [2.24, 2.45) is 0 Å². The molecule has 0 radical (unpaired) electrons. The summed E-state index contributed by atoms with van der Waals surface area (Å²) in [5, 5.41) is 4.21. The number of nitrogens with zero attached hydrogens (tertiary/aromatic N) is 1. The van der Waals surface area contributed by atoms with E-state index in [1.54, 1.807) is 12.1 Å². The lowest BCUT2D eigenvalue weighted by molar-refractivity contribution is -0.137. The van der Waals surface area contributed by atoms with Crippen molar-refractivity contribution >= 4 is 10.9 Å². The summed E-state index contributed by atoms with van der Waals surface area (Å²) in [5.41, 5.74) is 1.43. The van der Waals surface area contributed by atoms with E-state index in [4.69, 9.17) is 0 Å². The SMILES string of the molecule is Fc1ccc(-c2cccc3cc4n(c23)CCNCC4)c(C(F)(F)F)c1. The van der Waals surface area contributed by atoms with Gasteiger partial charge in [0.15, 0.2) is 0 Å². The molecule has 1 aliphatic heterocycles. The Morgan fingerprint density at radius 1 is 0.960 bits per heavy atom. The highest BCUT2D eigenvalue weighted by molar-refractivity contribution is 5.96. The summed E-state index contributed by atoms with van der Waals surface area (Å²) < 4.78 is 55.9.